The van der Waals surface area contributed by atoms with Crippen molar-refractivity contribution >= 4 is 11.8 Å². The van der Waals surface area contributed by atoms with Crippen molar-refractivity contribution in [3.8, 4) is 0 Å². The molecular weight excluding hydrogens is 216 g/mol. The summed E-state index contributed by atoms with van der Waals surface area (Å²) in [6.07, 6.45) is 4.43. The predicted octanol–water partition coefficient (Wildman–Crippen LogP) is 1.16. The van der Waals surface area contributed by atoms with Gasteiger partial charge in [-0.05, 0) is 31.1 Å². The quantitative estimate of drug-likeness (QED) is 0.799. The van der Waals surface area contributed by atoms with Gasteiger partial charge in [-0.1, -0.05) is 20.3 Å². The maximum Gasteiger partial charge on any atom is 0.245 e. The van der Waals surface area contributed by atoms with Gasteiger partial charge in [-0.15, -0.1) is 0 Å². The first kappa shape index (κ1) is 12.4. The Bertz CT molecular complexity index is 311. The smallest absolute Gasteiger partial charge is 0.245 e. The summed E-state index contributed by atoms with van der Waals surface area (Å²) >= 11 is 0. The molecule has 2 aliphatic rings. The highest BCUT2D eigenvalue weighted by Crippen LogP contribution is 2.27. The van der Waals surface area contributed by atoms with Gasteiger partial charge in [0.05, 0.1) is 6.54 Å². The van der Waals surface area contributed by atoms with E-state index in [4.69, 9.17) is 0 Å². The summed E-state index contributed by atoms with van der Waals surface area (Å²) in [4.78, 5) is 25.5. The van der Waals surface area contributed by atoms with E-state index in [1.807, 2.05) is 0 Å². The fourth-order valence-corrected chi connectivity index (χ4v) is 2.55. The Morgan fingerprint density at radius 3 is 2.59 bits per heavy atom. The molecule has 0 aromatic carbocycles. The summed E-state index contributed by atoms with van der Waals surface area (Å²) in [5.74, 6) is 1.16. The molecule has 1 aliphatic carbocycles. The molecule has 0 aromatic heterocycles. The molecule has 1 saturated heterocycles. The Hall–Kier alpha value is -1.06. The van der Waals surface area contributed by atoms with Gasteiger partial charge in [0, 0.05) is 6.54 Å². The Labute approximate surface area is 103 Å². The SMILES string of the molecule is CC(C)CC1NC(=O)CN(CC2CCC2)C1=O. The van der Waals surface area contributed by atoms with E-state index in [0.717, 1.165) is 13.0 Å². The van der Waals surface area contributed by atoms with Crippen LogP contribution in [0, 0.1) is 11.8 Å². The highest BCUT2D eigenvalue weighted by atomic mass is 16.2. The average Bonchev–Trinajstić information content (AvgIpc) is 2.17. The topological polar surface area (TPSA) is 49.4 Å². The second-order valence-electron chi connectivity index (χ2n) is 5.77. The molecular formula is C13H22N2O2. The zero-order chi connectivity index (χ0) is 12.4. The van der Waals surface area contributed by atoms with Crippen molar-refractivity contribution in [2.24, 2.45) is 11.8 Å². The van der Waals surface area contributed by atoms with Crippen molar-refractivity contribution in [2.75, 3.05) is 13.1 Å². The number of nitrogens with one attached hydrogen (secondary N) is 1. The molecule has 1 unspecified atom stereocenters. The minimum atomic E-state index is -0.295. The van der Waals surface area contributed by atoms with Crippen LogP contribution < -0.4 is 5.32 Å². The number of hydrogen-bond acceptors (Lipinski definition) is 2. The molecule has 1 atom stereocenters. The summed E-state index contributed by atoms with van der Waals surface area (Å²) in [7, 11) is 0. The lowest BCUT2D eigenvalue weighted by molar-refractivity contribution is -0.145. The standard InChI is InChI=1S/C13H22N2O2/c1-9(2)6-11-13(17)15(8-12(16)14-11)7-10-4-3-5-10/h9-11H,3-8H2,1-2H3,(H,14,16). The summed E-state index contributed by atoms with van der Waals surface area (Å²) in [5.41, 5.74) is 0. The van der Waals surface area contributed by atoms with E-state index in [1.54, 1.807) is 4.90 Å². The normalized spacial score (nSPS) is 26.1. The third-order valence-corrected chi connectivity index (χ3v) is 3.69. The van der Waals surface area contributed by atoms with E-state index >= 15 is 0 Å². The number of amides is 2. The van der Waals surface area contributed by atoms with Crippen LogP contribution in [0.4, 0.5) is 0 Å². The van der Waals surface area contributed by atoms with Crippen LogP contribution in [-0.4, -0.2) is 35.8 Å². The monoisotopic (exact) mass is 238 g/mol. The third kappa shape index (κ3) is 2.99. The van der Waals surface area contributed by atoms with Gasteiger partial charge < -0.3 is 10.2 Å². The van der Waals surface area contributed by atoms with Gasteiger partial charge in [0.25, 0.3) is 0 Å². The van der Waals surface area contributed by atoms with Gasteiger partial charge in [0.15, 0.2) is 0 Å². The molecule has 1 heterocycles. The summed E-state index contributed by atoms with van der Waals surface area (Å²) in [6.45, 7) is 5.18. The third-order valence-electron chi connectivity index (χ3n) is 3.69. The molecule has 4 heteroatoms. The van der Waals surface area contributed by atoms with E-state index in [2.05, 4.69) is 19.2 Å². The number of carbonyl (C=O) groups excluding carboxylic acids is 2. The first-order valence-electron chi connectivity index (χ1n) is 6.64. The molecule has 2 fully saturated rings. The lowest BCUT2D eigenvalue weighted by Gasteiger charge is -2.37. The van der Waals surface area contributed by atoms with Crippen LogP contribution >= 0.6 is 0 Å². The fourth-order valence-electron chi connectivity index (χ4n) is 2.55. The van der Waals surface area contributed by atoms with Gasteiger partial charge in [-0.2, -0.15) is 0 Å². The Morgan fingerprint density at radius 2 is 2.06 bits per heavy atom. The van der Waals surface area contributed by atoms with Gasteiger partial charge in [0.2, 0.25) is 11.8 Å². The first-order chi connectivity index (χ1) is 8.06. The van der Waals surface area contributed by atoms with Crippen LogP contribution in [0.1, 0.15) is 39.5 Å². The van der Waals surface area contributed by atoms with E-state index in [1.165, 1.54) is 19.3 Å². The van der Waals surface area contributed by atoms with Gasteiger partial charge in [-0.25, -0.2) is 0 Å². The van der Waals surface area contributed by atoms with E-state index in [-0.39, 0.29) is 24.4 Å². The summed E-state index contributed by atoms with van der Waals surface area (Å²) < 4.78 is 0. The van der Waals surface area contributed by atoms with Gasteiger partial charge in [0.1, 0.15) is 6.04 Å². The molecule has 96 valence electrons. The van der Waals surface area contributed by atoms with Crippen molar-refractivity contribution in [2.45, 2.75) is 45.6 Å². The van der Waals surface area contributed by atoms with Crippen LogP contribution in [-0.2, 0) is 9.59 Å². The molecule has 17 heavy (non-hydrogen) atoms. The highest BCUT2D eigenvalue weighted by Gasteiger charge is 2.34. The maximum atomic E-state index is 12.2. The number of piperazine rings is 1. The molecule has 2 rings (SSSR count). The van der Waals surface area contributed by atoms with E-state index in [9.17, 15) is 9.59 Å². The molecule has 0 spiro atoms. The molecule has 1 N–H and O–H groups in total. The van der Waals surface area contributed by atoms with Crippen molar-refractivity contribution in [1.29, 1.82) is 0 Å². The zero-order valence-corrected chi connectivity index (χ0v) is 10.7. The fraction of sp³-hybridized carbons (Fsp3) is 0.846. The number of carbonyl (C=O) groups is 2. The van der Waals surface area contributed by atoms with Crippen LogP contribution in [0.3, 0.4) is 0 Å². The Morgan fingerprint density at radius 1 is 1.35 bits per heavy atom. The number of rotatable bonds is 4. The van der Waals surface area contributed by atoms with Crippen molar-refractivity contribution in [1.82, 2.24) is 10.2 Å². The largest absolute Gasteiger partial charge is 0.343 e. The van der Waals surface area contributed by atoms with Gasteiger partial charge >= 0.3 is 0 Å². The van der Waals surface area contributed by atoms with Crippen LogP contribution in [0.2, 0.25) is 0 Å². The lowest BCUT2D eigenvalue weighted by atomic mass is 9.84. The van der Waals surface area contributed by atoms with E-state index < -0.39 is 0 Å². The van der Waals surface area contributed by atoms with E-state index in [0.29, 0.717) is 11.8 Å². The molecule has 0 aromatic rings. The Kier molecular flexibility index (Phi) is 3.69. The Balaban J connectivity index is 1.95. The van der Waals surface area contributed by atoms with Crippen LogP contribution in [0.15, 0.2) is 0 Å². The van der Waals surface area contributed by atoms with Crippen molar-refractivity contribution < 1.29 is 9.59 Å². The summed E-state index contributed by atoms with van der Waals surface area (Å²) in [5, 5.41) is 2.81. The van der Waals surface area contributed by atoms with Crippen LogP contribution in [0.25, 0.3) is 0 Å². The maximum absolute atomic E-state index is 12.2. The molecule has 0 bridgehead atoms. The second kappa shape index (κ2) is 5.07. The van der Waals surface area contributed by atoms with Crippen LogP contribution in [0.5, 0.6) is 0 Å². The molecule has 1 saturated carbocycles. The summed E-state index contributed by atoms with van der Waals surface area (Å²) in [6, 6.07) is -0.295. The van der Waals surface area contributed by atoms with Gasteiger partial charge in [-0.3, -0.25) is 9.59 Å². The average molecular weight is 238 g/mol. The predicted molar refractivity (Wildman–Crippen MR) is 65.3 cm³/mol. The first-order valence-corrected chi connectivity index (χ1v) is 6.64. The minimum Gasteiger partial charge on any atom is -0.343 e. The lowest BCUT2D eigenvalue weighted by Crippen LogP contribution is -2.59. The second-order valence-corrected chi connectivity index (χ2v) is 5.77. The minimum absolute atomic E-state index is 0.00502. The molecule has 1 aliphatic heterocycles. The van der Waals surface area contributed by atoms with Crippen molar-refractivity contribution in [3.05, 3.63) is 0 Å². The highest BCUT2D eigenvalue weighted by molar-refractivity contribution is 5.94. The molecule has 0 radical (unpaired) electrons. The molecule has 2 amide bonds. The molecule has 4 nitrogen and oxygen atoms in total. The number of hydrogen-bond donors (Lipinski definition) is 1. The number of nitrogens with zero attached hydrogens (tertiary/aromatic N) is 1. The van der Waals surface area contributed by atoms with Crippen molar-refractivity contribution in [3.63, 3.8) is 0 Å². The zero-order valence-electron chi connectivity index (χ0n) is 10.7.